The normalized spacial score (nSPS) is 18.5. The highest BCUT2D eigenvalue weighted by Gasteiger charge is 2.41. The van der Waals surface area contributed by atoms with Gasteiger partial charge < -0.3 is 18.9 Å². The van der Waals surface area contributed by atoms with Gasteiger partial charge in [-0.2, -0.15) is 5.10 Å². The Labute approximate surface area is 235 Å². The summed E-state index contributed by atoms with van der Waals surface area (Å²) in [4.78, 5) is 25.4. The highest BCUT2D eigenvalue weighted by atomic mass is 35.5. The van der Waals surface area contributed by atoms with Crippen molar-refractivity contribution in [3.63, 3.8) is 0 Å². The van der Waals surface area contributed by atoms with Crippen molar-refractivity contribution in [2.24, 2.45) is 0 Å². The van der Waals surface area contributed by atoms with Crippen LogP contribution in [0.2, 0.25) is 10.0 Å². The Bertz CT molecular complexity index is 1440. The van der Waals surface area contributed by atoms with Crippen molar-refractivity contribution >= 4 is 35.1 Å². The third kappa shape index (κ3) is 6.60. The van der Waals surface area contributed by atoms with Crippen molar-refractivity contribution < 1.29 is 28.5 Å². The van der Waals surface area contributed by atoms with Gasteiger partial charge in [0.05, 0.1) is 28.9 Å². The van der Waals surface area contributed by atoms with Crippen molar-refractivity contribution in [1.29, 1.82) is 0 Å². The molecule has 4 aromatic rings. The number of nitrogens with zero attached hydrogens (tertiary/aromatic N) is 2. The first kappa shape index (κ1) is 26.7. The van der Waals surface area contributed by atoms with Gasteiger partial charge >= 0.3 is 11.9 Å². The zero-order chi connectivity index (χ0) is 27.4. The summed E-state index contributed by atoms with van der Waals surface area (Å²) in [5.41, 5.74) is 2.24. The van der Waals surface area contributed by atoms with E-state index >= 15 is 0 Å². The number of aromatic nitrogens is 2. The molecule has 0 bridgehead atoms. The molecule has 10 heteroatoms. The molecule has 0 N–H and O–H groups in total. The van der Waals surface area contributed by atoms with E-state index in [9.17, 15) is 9.59 Å². The van der Waals surface area contributed by atoms with E-state index in [-0.39, 0.29) is 13.0 Å². The molecule has 1 saturated heterocycles. The minimum Gasteiger partial charge on any atom is -0.459 e. The number of hydrogen-bond donors (Lipinski definition) is 0. The summed E-state index contributed by atoms with van der Waals surface area (Å²) in [5.74, 6) is -0.648. The first-order valence-electron chi connectivity index (χ1n) is 12.2. The number of hydrogen-bond acceptors (Lipinski definition) is 7. The Kier molecular flexibility index (Phi) is 8.16. The molecule has 0 saturated carbocycles. The van der Waals surface area contributed by atoms with Crippen LogP contribution in [0.3, 0.4) is 0 Å². The highest BCUT2D eigenvalue weighted by molar-refractivity contribution is 6.31. The summed E-state index contributed by atoms with van der Waals surface area (Å²) >= 11 is 11.9. The zero-order valence-electron chi connectivity index (χ0n) is 20.8. The number of ether oxygens (including phenoxy) is 4. The molecule has 200 valence electrons. The first-order valence-corrected chi connectivity index (χ1v) is 12.9. The third-order valence-electron chi connectivity index (χ3n) is 6.01. The molecule has 0 aliphatic carbocycles. The Hall–Kier alpha value is -3.85. The van der Waals surface area contributed by atoms with Gasteiger partial charge in [-0.05, 0) is 67.6 Å². The summed E-state index contributed by atoms with van der Waals surface area (Å²) in [6.45, 7) is 1.70. The van der Waals surface area contributed by atoms with E-state index in [1.807, 2.05) is 37.3 Å². The lowest BCUT2D eigenvalue weighted by atomic mass is 10.1. The minimum absolute atomic E-state index is 0.156. The van der Waals surface area contributed by atoms with E-state index in [1.165, 1.54) is 0 Å². The lowest BCUT2D eigenvalue weighted by Crippen LogP contribution is -2.32. The van der Waals surface area contributed by atoms with E-state index in [1.54, 1.807) is 59.3 Å². The molecule has 39 heavy (non-hydrogen) atoms. The molecule has 3 aromatic carbocycles. The quantitative estimate of drug-likeness (QED) is 0.239. The third-order valence-corrected chi connectivity index (χ3v) is 6.52. The monoisotopic (exact) mass is 566 g/mol. The number of aryl methyl sites for hydroxylation is 1. The van der Waals surface area contributed by atoms with Gasteiger partial charge in [-0.25, -0.2) is 14.3 Å². The molecule has 1 fully saturated rings. The summed E-state index contributed by atoms with van der Waals surface area (Å²) in [7, 11) is 0. The average molecular weight is 567 g/mol. The second-order valence-electron chi connectivity index (χ2n) is 8.88. The Morgan fingerprint density at radius 2 is 1.54 bits per heavy atom. The predicted molar refractivity (Wildman–Crippen MR) is 145 cm³/mol. The smallest absolute Gasteiger partial charge is 0.338 e. The summed E-state index contributed by atoms with van der Waals surface area (Å²) in [6.07, 6.45) is -2.09. The zero-order valence-corrected chi connectivity index (χ0v) is 22.3. The van der Waals surface area contributed by atoms with E-state index < -0.39 is 30.4 Å². The topological polar surface area (TPSA) is 88.9 Å². The Balaban J connectivity index is 1.32. The van der Waals surface area contributed by atoms with Crippen LogP contribution < -0.4 is 4.74 Å². The number of carbonyl (C=O) groups is 2. The van der Waals surface area contributed by atoms with Crippen LogP contribution in [0, 0.1) is 6.92 Å². The van der Waals surface area contributed by atoms with Crippen LogP contribution in [0.4, 0.5) is 0 Å². The van der Waals surface area contributed by atoms with Gasteiger partial charge in [0.25, 0.3) is 0 Å². The van der Waals surface area contributed by atoms with Gasteiger partial charge in [0, 0.05) is 16.1 Å². The Morgan fingerprint density at radius 1 is 0.923 bits per heavy atom. The summed E-state index contributed by atoms with van der Waals surface area (Å²) < 4.78 is 25.2. The van der Waals surface area contributed by atoms with Gasteiger partial charge in [-0.15, -0.1) is 0 Å². The largest absolute Gasteiger partial charge is 0.459 e. The average Bonchev–Trinajstić information content (AvgIpc) is 3.50. The molecular formula is C29H24Cl2N2O6. The van der Waals surface area contributed by atoms with Crippen LogP contribution >= 0.6 is 23.2 Å². The Morgan fingerprint density at radius 3 is 2.18 bits per heavy atom. The molecule has 0 radical (unpaired) electrons. The lowest BCUT2D eigenvalue weighted by Gasteiger charge is -2.19. The van der Waals surface area contributed by atoms with Gasteiger partial charge in [-0.1, -0.05) is 41.4 Å². The van der Waals surface area contributed by atoms with Crippen molar-refractivity contribution in [1.82, 2.24) is 9.78 Å². The fraction of sp³-hybridized carbons (Fsp3) is 0.207. The molecule has 2 heterocycles. The van der Waals surface area contributed by atoms with Crippen molar-refractivity contribution in [3.8, 4) is 11.6 Å². The van der Waals surface area contributed by atoms with Gasteiger partial charge in [0.1, 0.15) is 18.8 Å². The highest BCUT2D eigenvalue weighted by Crippen LogP contribution is 2.29. The second kappa shape index (κ2) is 11.9. The second-order valence-corrected chi connectivity index (χ2v) is 9.76. The molecular weight excluding hydrogens is 543 g/mol. The van der Waals surface area contributed by atoms with Crippen molar-refractivity contribution in [2.75, 3.05) is 6.61 Å². The fourth-order valence-corrected chi connectivity index (χ4v) is 4.35. The molecule has 3 atom stereocenters. The fourth-order valence-electron chi connectivity index (χ4n) is 4.09. The molecule has 8 nitrogen and oxygen atoms in total. The lowest BCUT2D eigenvalue weighted by molar-refractivity contribution is -0.0990. The number of para-hydroxylation sites is 1. The maximum absolute atomic E-state index is 12.9. The SMILES string of the molecule is Cc1cc(OC2C[C@H](OC(=O)c3ccc(Cl)cc3)[C@@H](COC(=O)c3ccc(Cl)cc3)O2)n(-c2ccccc2)n1. The van der Waals surface area contributed by atoms with Crippen LogP contribution in [-0.2, 0) is 14.2 Å². The van der Waals surface area contributed by atoms with Crippen molar-refractivity contribution in [3.05, 3.63) is 112 Å². The predicted octanol–water partition coefficient (Wildman–Crippen LogP) is 6.06. The van der Waals surface area contributed by atoms with Crippen molar-refractivity contribution in [2.45, 2.75) is 31.8 Å². The maximum Gasteiger partial charge on any atom is 0.338 e. The molecule has 1 aliphatic rings. The number of rotatable bonds is 8. The number of esters is 2. The van der Waals surface area contributed by atoms with Crippen LogP contribution in [-0.4, -0.2) is 46.8 Å². The molecule has 1 aromatic heterocycles. The van der Waals surface area contributed by atoms with Crippen LogP contribution in [0.25, 0.3) is 5.69 Å². The van der Waals surface area contributed by atoms with Crippen LogP contribution in [0.1, 0.15) is 32.8 Å². The molecule has 1 unspecified atom stereocenters. The minimum atomic E-state index is -0.786. The van der Waals surface area contributed by atoms with E-state index in [0.717, 1.165) is 11.4 Å². The molecule has 5 rings (SSSR count). The van der Waals surface area contributed by atoms with E-state index in [0.29, 0.717) is 27.1 Å². The van der Waals surface area contributed by atoms with E-state index in [2.05, 4.69) is 5.10 Å². The van der Waals surface area contributed by atoms with Gasteiger partial charge in [-0.3, -0.25) is 0 Å². The van der Waals surface area contributed by atoms with E-state index in [4.69, 9.17) is 42.1 Å². The van der Waals surface area contributed by atoms with Crippen LogP contribution in [0.5, 0.6) is 5.88 Å². The molecule has 0 spiro atoms. The molecule has 1 aliphatic heterocycles. The maximum atomic E-state index is 12.9. The standard InChI is InChI=1S/C29H24Cl2N2O6/c1-18-15-26(33(32-18)23-5-3-2-4-6-23)39-27-16-24(38-29(35)20-9-13-22(31)14-10-20)25(37-27)17-36-28(34)19-7-11-21(30)12-8-19/h2-15,24-25,27H,16-17H2,1H3/t24-,25+,27?/m0/s1. The first-order chi connectivity index (χ1) is 18.9. The number of benzene rings is 3. The van der Waals surface area contributed by atoms with Gasteiger partial charge in [0.15, 0.2) is 0 Å². The number of halogens is 2. The molecule has 0 amide bonds. The number of carbonyl (C=O) groups excluding carboxylic acids is 2. The van der Waals surface area contributed by atoms with Gasteiger partial charge in [0.2, 0.25) is 12.2 Å². The van der Waals surface area contributed by atoms with Crippen LogP contribution in [0.15, 0.2) is 84.9 Å². The summed E-state index contributed by atoms with van der Waals surface area (Å²) in [6, 6.07) is 24.0. The summed E-state index contributed by atoms with van der Waals surface area (Å²) in [5, 5.41) is 5.52.